The lowest BCUT2D eigenvalue weighted by molar-refractivity contribution is 0.229. The lowest BCUT2D eigenvalue weighted by Crippen LogP contribution is -2.28. The number of rotatable bonds is 6. The van der Waals surface area contributed by atoms with Crippen molar-refractivity contribution in [3.63, 3.8) is 0 Å². The zero-order valence-corrected chi connectivity index (χ0v) is 12.6. The fourth-order valence-electron chi connectivity index (χ4n) is 1.38. The molecule has 0 amide bonds. The van der Waals surface area contributed by atoms with Crippen LogP contribution in [0.25, 0.3) is 0 Å². The quantitative estimate of drug-likeness (QED) is 0.712. The van der Waals surface area contributed by atoms with Gasteiger partial charge in [0.1, 0.15) is 6.07 Å². The zero-order valence-electron chi connectivity index (χ0n) is 11.7. The molecule has 0 N–H and O–H groups in total. The second kappa shape index (κ2) is 6.66. The fraction of sp³-hybridized carbons (Fsp3) is 0.545. The number of anilines is 1. The smallest absolute Gasteiger partial charge is 0.381 e. The Morgan fingerprint density at radius 2 is 1.90 bits per heavy atom. The summed E-state index contributed by atoms with van der Waals surface area (Å²) in [5.74, 6) is 0. The van der Waals surface area contributed by atoms with Crippen LogP contribution in [0.2, 0.25) is 0 Å². The Labute approximate surface area is 116 Å². The molecule has 1 aromatic heterocycles. The first-order valence-corrected chi connectivity index (χ1v) is 7.46. The first kappa shape index (κ1) is 16.4. The van der Waals surface area contributed by atoms with Crippen LogP contribution in [0.4, 0.5) is 6.01 Å². The van der Waals surface area contributed by atoms with Gasteiger partial charge in [0.25, 0.3) is 0 Å². The van der Waals surface area contributed by atoms with Crippen molar-refractivity contribution in [2.45, 2.75) is 13.8 Å². The molecule has 0 spiro atoms. The average Bonchev–Trinajstić information content (AvgIpc) is 2.38. The first-order valence-electron chi connectivity index (χ1n) is 5.91. The summed E-state index contributed by atoms with van der Waals surface area (Å²) in [6.07, 6.45) is 0. The minimum Gasteiger partial charge on any atom is -0.388 e. The highest BCUT2D eigenvalue weighted by Crippen LogP contribution is 2.46. The second-order valence-electron chi connectivity index (χ2n) is 3.82. The van der Waals surface area contributed by atoms with E-state index in [4.69, 9.17) is 18.7 Å². The lowest BCUT2D eigenvalue weighted by Gasteiger charge is -2.18. The third-order valence-corrected chi connectivity index (χ3v) is 4.20. The Kier molecular flexibility index (Phi) is 5.45. The van der Waals surface area contributed by atoms with E-state index in [2.05, 4.69) is 4.98 Å². The molecular formula is C11H16N3O5P. The van der Waals surface area contributed by atoms with Crippen LogP contribution in [0.5, 0.6) is 0 Å². The van der Waals surface area contributed by atoms with E-state index >= 15 is 0 Å². The molecule has 0 fully saturated rings. The SMILES string of the molecule is CCOP(=O)(OCC)c1nc(N(C)C)oc(=O)c1C#N. The van der Waals surface area contributed by atoms with E-state index in [1.54, 1.807) is 34.0 Å². The van der Waals surface area contributed by atoms with Gasteiger partial charge in [-0.1, -0.05) is 0 Å². The van der Waals surface area contributed by atoms with Crippen molar-refractivity contribution in [3.8, 4) is 6.07 Å². The molecule has 1 rings (SSSR count). The van der Waals surface area contributed by atoms with Crippen molar-refractivity contribution in [1.29, 1.82) is 5.26 Å². The van der Waals surface area contributed by atoms with Gasteiger partial charge >= 0.3 is 19.2 Å². The maximum absolute atomic E-state index is 12.7. The van der Waals surface area contributed by atoms with Gasteiger partial charge in [-0.25, -0.2) is 4.79 Å². The third-order valence-electron chi connectivity index (χ3n) is 2.17. The Balaban J connectivity index is 3.59. The summed E-state index contributed by atoms with van der Waals surface area (Å²) in [7, 11) is -0.658. The van der Waals surface area contributed by atoms with Crippen LogP contribution in [0.3, 0.4) is 0 Å². The summed E-state index contributed by atoms with van der Waals surface area (Å²) in [5, 5.41) is 9.03. The van der Waals surface area contributed by atoms with E-state index in [1.807, 2.05) is 0 Å². The van der Waals surface area contributed by atoms with E-state index in [9.17, 15) is 9.36 Å². The molecule has 0 aliphatic carbocycles. The maximum atomic E-state index is 12.7. The van der Waals surface area contributed by atoms with Gasteiger partial charge in [-0.15, -0.1) is 0 Å². The molecular weight excluding hydrogens is 285 g/mol. The third kappa shape index (κ3) is 3.25. The van der Waals surface area contributed by atoms with Gasteiger partial charge in [0.15, 0.2) is 11.0 Å². The molecule has 1 aromatic rings. The van der Waals surface area contributed by atoms with E-state index in [0.717, 1.165) is 0 Å². The highest BCUT2D eigenvalue weighted by molar-refractivity contribution is 7.62. The average molecular weight is 301 g/mol. The molecule has 1 heterocycles. The molecule has 0 radical (unpaired) electrons. The highest BCUT2D eigenvalue weighted by atomic mass is 31.2. The summed E-state index contributed by atoms with van der Waals surface area (Å²) < 4.78 is 27.7. The Bertz CT molecular complexity index is 609. The topological polar surface area (TPSA) is 106 Å². The molecule has 0 saturated carbocycles. The number of nitriles is 1. The van der Waals surface area contributed by atoms with Crippen LogP contribution in [-0.4, -0.2) is 32.3 Å². The van der Waals surface area contributed by atoms with Crippen LogP contribution in [0.1, 0.15) is 19.4 Å². The van der Waals surface area contributed by atoms with Gasteiger partial charge in [-0.05, 0) is 13.8 Å². The highest BCUT2D eigenvalue weighted by Gasteiger charge is 2.35. The van der Waals surface area contributed by atoms with Crippen LogP contribution < -0.4 is 16.0 Å². The van der Waals surface area contributed by atoms with E-state index in [0.29, 0.717) is 0 Å². The summed E-state index contributed by atoms with van der Waals surface area (Å²) in [6, 6.07) is 1.55. The predicted molar refractivity (Wildman–Crippen MR) is 72.3 cm³/mol. The van der Waals surface area contributed by atoms with Gasteiger partial charge in [0.2, 0.25) is 0 Å². The molecule has 0 unspecified atom stereocenters. The first-order chi connectivity index (χ1) is 9.39. The van der Waals surface area contributed by atoms with Gasteiger partial charge < -0.3 is 18.4 Å². The lowest BCUT2D eigenvalue weighted by atomic mass is 10.4. The number of hydrogen-bond acceptors (Lipinski definition) is 8. The summed E-state index contributed by atoms with van der Waals surface area (Å²) in [6.45, 7) is 3.41. The van der Waals surface area contributed by atoms with Crippen molar-refractivity contribution in [2.24, 2.45) is 0 Å². The van der Waals surface area contributed by atoms with Crippen LogP contribution in [-0.2, 0) is 13.6 Å². The summed E-state index contributed by atoms with van der Waals surface area (Å²) in [4.78, 5) is 17.1. The van der Waals surface area contributed by atoms with Crippen LogP contribution in [0.15, 0.2) is 9.21 Å². The normalized spacial score (nSPS) is 11.2. The van der Waals surface area contributed by atoms with Crippen molar-refractivity contribution in [1.82, 2.24) is 4.98 Å². The molecule has 20 heavy (non-hydrogen) atoms. The molecule has 0 aromatic carbocycles. The van der Waals surface area contributed by atoms with Crippen molar-refractivity contribution in [2.75, 3.05) is 32.2 Å². The molecule has 0 bridgehead atoms. The standard InChI is InChI=1S/C11H16N3O5P/c1-5-17-20(16,18-6-2)9-8(7-12)10(15)19-11(13-9)14(3)4/h5-6H2,1-4H3. The van der Waals surface area contributed by atoms with Gasteiger partial charge in [0, 0.05) is 14.1 Å². The zero-order chi connectivity index (χ0) is 15.3. The molecule has 9 heteroatoms. The summed E-state index contributed by atoms with van der Waals surface area (Å²) >= 11 is 0. The number of aromatic nitrogens is 1. The molecule has 0 aliphatic rings. The molecule has 8 nitrogen and oxygen atoms in total. The minimum atomic E-state index is -3.84. The van der Waals surface area contributed by atoms with Crippen molar-refractivity contribution >= 4 is 19.0 Å². The Hall–Kier alpha value is -1.68. The molecule has 0 atom stereocenters. The van der Waals surface area contributed by atoms with Crippen molar-refractivity contribution in [3.05, 3.63) is 16.0 Å². The molecule has 0 aliphatic heterocycles. The van der Waals surface area contributed by atoms with Gasteiger partial charge in [-0.2, -0.15) is 10.2 Å². The van der Waals surface area contributed by atoms with Crippen LogP contribution >= 0.6 is 7.60 Å². The Morgan fingerprint density at radius 1 is 1.35 bits per heavy atom. The fourth-order valence-corrected chi connectivity index (χ4v) is 3.00. The van der Waals surface area contributed by atoms with Crippen LogP contribution in [0, 0.1) is 11.3 Å². The maximum Gasteiger partial charge on any atom is 0.381 e. The second-order valence-corrected chi connectivity index (χ2v) is 5.76. The van der Waals surface area contributed by atoms with Crippen molar-refractivity contribution < 1.29 is 18.0 Å². The number of hydrogen-bond donors (Lipinski definition) is 0. The Morgan fingerprint density at radius 3 is 2.30 bits per heavy atom. The van der Waals surface area contributed by atoms with Gasteiger partial charge in [-0.3, -0.25) is 4.57 Å². The molecule has 0 saturated heterocycles. The largest absolute Gasteiger partial charge is 0.388 e. The van der Waals surface area contributed by atoms with E-state index in [-0.39, 0.29) is 24.7 Å². The molecule has 110 valence electrons. The van der Waals surface area contributed by atoms with E-state index < -0.39 is 18.8 Å². The monoisotopic (exact) mass is 301 g/mol. The predicted octanol–water partition coefficient (Wildman–Crippen LogP) is 0.864. The minimum absolute atomic E-state index is 0.0800. The number of nitrogens with zero attached hydrogens (tertiary/aromatic N) is 3. The van der Waals surface area contributed by atoms with Gasteiger partial charge in [0.05, 0.1) is 13.2 Å². The van der Waals surface area contributed by atoms with E-state index in [1.165, 1.54) is 4.90 Å². The summed E-state index contributed by atoms with van der Waals surface area (Å²) in [5.41, 5.74) is -1.72.